The first-order valence-electron chi connectivity index (χ1n) is 10.0. The predicted octanol–water partition coefficient (Wildman–Crippen LogP) is 4.46. The molecule has 1 aromatic rings. The largest absolute Gasteiger partial charge is 0.444 e. The van der Waals surface area contributed by atoms with Gasteiger partial charge in [0.25, 0.3) is 0 Å². The highest BCUT2D eigenvalue weighted by molar-refractivity contribution is 5.79. The van der Waals surface area contributed by atoms with Crippen molar-refractivity contribution in [1.29, 1.82) is 0 Å². The Hall–Kier alpha value is -2.04. The molecule has 0 radical (unpaired) electrons. The van der Waals surface area contributed by atoms with Crippen molar-refractivity contribution in [2.75, 3.05) is 13.1 Å². The van der Waals surface area contributed by atoms with Gasteiger partial charge in [-0.25, -0.2) is 4.79 Å². The smallest absolute Gasteiger partial charge is 0.410 e. The number of carbonyl (C=O) groups is 2. The van der Waals surface area contributed by atoms with Gasteiger partial charge in [0, 0.05) is 31.6 Å². The van der Waals surface area contributed by atoms with E-state index in [9.17, 15) is 9.59 Å². The summed E-state index contributed by atoms with van der Waals surface area (Å²) in [5.74, 6) is 0.179. The highest BCUT2D eigenvalue weighted by Crippen LogP contribution is 2.24. The molecule has 1 unspecified atom stereocenters. The van der Waals surface area contributed by atoms with Crippen molar-refractivity contribution in [2.24, 2.45) is 5.92 Å². The fourth-order valence-corrected chi connectivity index (χ4v) is 3.32. The zero-order chi connectivity index (χ0) is 20.0. The number of carbonyl (C=O) groups excluding carboxylic acids is 2. The van der Waals surface area contributed by atoms with Gasteiger partial charge < -0.3 is 14.5 Å². The molecule has 1 aliphatic rings. The van der Waals surface area contributed by atoms with Crippen LogP contribution in [0.5, 0.6) is 0 Å². The molecule has 27 heavy (non-hydrogen) atoms. The Bertz CT molecular complexity index is 616. The normalized spacial score (nSPS) is 16.7. The lowest BCUT2D eigenvalue weighted by Crippen LogP contribution is -2.47. The number of hydrogen-bond donors (Lipinski definition) is 0. The monoisotopic (exact) mass is 374 g/mol. The topological polar surface area (TPSA) is 49.9 Å². The zero-order valence-electron chi connectivity index (χ0n) is 17.4. The fraction of sp³-hybridized carbons (Fsp3) is 0.636. The highest BCUT2D eigenvalue weighted by atomic mass is 16.6. The van der Waals surface area contributed by atoms with Crippen LogP contribution in [0.2, 0.25) is 0 Å². The summed E-state index contributed by atoms with van der Waals surface area (Å²) in [5.41, 5.74) is 0.657. The van der Waals surface area contributed by atoms with E-state index in [2.05, 4.69) is 26.0 Å². The number of amides is 2. The summed E-state index contributed by atoms with van der Waals surface area (Å²) in [7, 11) is 0. The van der Waals surface area contributed by atoms with Gasteiger partial charge in [-0.3, -0.25) is 4.79 Å². The van der Waals surface area contributed by atoms with Gasteiger partial charge in [0.05, 0.1) is 0 Å². The fourth-order valence-electron chi connectivity index (χ4n) is 3.32. The lowest BCUT2D eigenvalue weighted by molar-refractivity contribution is -0.140. The molecule has 2 amide bonds. The molecule has 1 fully saturated rings. The van der Waals surface area contributed by atoms with Crippen LogP contribution in [-0.4, -0.2) is 46.5 Å². The Morgan fingerprint density at radius 3 is 2.30 bits per heavy atom. The number of benzene rings is 1. The third kappa shape index (κ3) is 6.26. The second kappa shape index (κ2) is 9.25. The number of hydrogen-bond acceptors (Lipinski definition) is 3. The third-order valence-corrected chi connectivity index (χ3v) is 5.10. The average molecular weight is 375 g/mol. The van der Waals surface area contributed by atoms with Gasteiger partial charge in [-0.05, 0) is 52.5 Å². The number of piperidine rings is 1. The molecule has 0 bridgehead atoms. The van der Waals surface area contributed by atoms with Crippen LogP contribution in [0.3, 0.4) is 0 Å². The van der Waals surface area contributed by atoms with E-state index in [0.29, 0.717) is 32.5 Å². The molecule has 1 atom stereocenters. The van der Waals surface area contributed by atoms with Crippen LogP contribution in [-0.2, 0) is 16.1 Å². The average Bonchev–Trinajstić information content (AvgIpc) is 2.64. The maximum Gasteiger partial charge on any atom is 0.410 e. The number of rotatable bonds is 5. The van der Waals surface area contributed by atoms with Crippen molar-refractivity contribution in [3.05, 3.63) is 35.9 Å². The van der Waals surface area contributed by atoms with Crippen molar-refractivity contribution < 1.29 is 14.3 Å². The molecular formula is C22H34N2O3. The Balaban J connectivity index is 1.97. The van der Waals surface area contributed by atoms with Crippen LogP contribution in [0.1, 0.15) is 59.4 Å². The summed E-state index contributed by atoms with van der Waals surface area (Å²) in [5, 5.41) is 0. The highest BCUT2D eigenvalue weighted by Gasteiger charge is 2.33. The van der Waals surface area contributed by atoms with Crippen molar-refractivity contribution in [3.63, 3.8) is 0 Å². The van der Waals surface area contributed by atoms with Crippen LogP contribution >= 0.6 is 0 Å². The van der Waals surface area contributed by atoms with Gasteiger partial charge in [0.15, 0.2) is 0 Å². The predicted molar refractivity (Wildman–Crippen MR) is 107 cm³/mol. The van der Waals surface area contributed by atoms with Gasteiger partial charge in [0.1, 0.15) is 5.60 Å². The van der Waals surface area contributed by atoms with Crippen LogP contribution < -0.4 is 0 Å². The van der Waals surface area contributed by atoms with Gasteiger partial charge in [-0.1, -0.05) is 37.3 Å². The van der Waals surface area contributed by atoms with E-state index in [1.54, 1.807) is 4.90 Å². The minimum absolute atomic E-state index is 0.0265. The van der Waals surface area contributed by atoms with Crippen LogP contribution in [0.4, 0.5) is 4.79 Å². The Morgan fingerprint density at radius 2 is 1.78 bits per heavy atom. The molecule has 0 aromatic heterocycles. The molecule has 0 aliphatic carbocycles. The van der Waals surface area contributed by atoms with Gasteiger partial charge in [-0.2, -0.15) is 0 Å². The second-order valence-electron chi connectivity index (χ2n) is 8.45. The van der Waals surface area contributed by atoms with E-state index in [0.717, 1.165) is 12.0 Å². The number of likely N-dealkylation sites (tertiary alicyclic amines) is 1. The minimum Gasteiger partial charge on any atom is -0.444 e. The number of nitrogens with zero attached hydrogens (tertiary/aromatic N) is 2. The first kappa shape index (κ1) is 21.3. The quantitative estimate of drug-likeness (QED) is 0.764. The minimum atomic E-state index is -0.493. The van der Waals surface area contributed by atoms with Crippen LogP contribution in [0.15, 0.2) is 30.3 Å². The maximum absolute atomic E-state index is 13.2. The van der Waals surface area contributed by atoms with Crippen LogP contribution in [0, 0.1) is 5.92 Å². The molecular weight excluding hydrogens is 340 g/mol. The second-order valence-corrected chi connectivity index (χ2v) is 8.45. The van der Waals surface area contributed by atoms with Gasteiger partial charge >= 0.3 is 6.09 Å². The van der Waals surface area contributed by atoms with Crippen molar-refractivity contribution in [1.82, 2.24) is 9.80 Å². The standard InChI is InChI=1S/C22H34N2O3/c1-6-17(2)24(16-18-10-8-7-9-11-18)20(25)19-12-14-23(15-13-19)21(26)27-22(3,4)5/h7-11,17,19H,6,12-16H2,1-5H3. The lowest BCUT2D eigenvalue weighted by atomic mass is 9.94. The molecule has 2 rings (SSSR count). The zero-order valence-corrected chi connectivity index (χ0v) is 17.4. The van der Waals surface area contributed by atoms with E-state index in [-0.39, 0.29) is 24.0 Å². The molecule has 5 nitrogen and oxygen atoms in total. The first-order chi connectivity index (χ1) is 12.7. The van der Waals surface area contributed by atoms with E-state index in [1.165, 1.54) is 0 Å². The van der Waals surface area contributed by atoms with E-state index < -0.39 is 5.60 Å². The Kier molecular flexibility index (Phi) is 7.28. The van der Waals surface area contributed by atoms with Crippen molar-refractivity contribution >= 4 is 12.0 Å². The van der Waals surface area contributed by atoms with E-state index >= 15 is 0 Å². The maximum atomic E-state index is 13.2. The third-order valence-electron chi connectivity index (χ3n) is 5.10. The van der Waals surface area contributed by atoms with E-state index in [1.807, 2.05) is 43.9 Å². The Morgan fingerprint density at radius 1 is 1.19 bits per heavy atom. The van der Waals surface area contributed by atoms with Gasteiger partial charge in [-0.15, -0.1) is 0 Å². The molecule has 0 spiro atoms. The summed E-state index contributed by atoms with van der Waals surface area (Å²) in [6, 6.07) is 10.3. The summed E-state index contributed by atoms with van der Waals surface area (Å²) in [6.45, 7) is 11.6. The number of ether oxygens (including phenoxy) is 1. The summed E-state index contributed by atoms with van der Waals surface area (Å²) in [4.78, 5) is 29.2. The first-order valence-corrected chi connectivity index (χ1v) is 10.0. The van der Waals surface area contributed by atoms with Crippen LogP contribution in [0.25, 0.3) is 0 Å². The summed E-state index contributed by atoms with van der Waals surface area (Å²) < 4.78 is 5.45. The van der Waals surface area contributed by atoms with Crippen molar-refractivity contribution in [3.8, 4) is 0 Å². The molecule has 1 aromatic carbocycles. The SMILES string of the molecule is CCC(C)N(Cc1ccccc1)C(=O)C1CCN(C(=O)OC(C)(C)C)CC1. The lowest BCUT2D eigenvalue weighted by Gasteiger charge is -2.37. The van der Waals surface area contributed by atoms with E-state index in [4.69, 9.17) is 4.74 Å². The molecule has 150 valence electrons. The Labute approximate surface area is 163 Å². The molecule has 0 saturated carbocycles. The molecule has 1 saturated heterocycles. The molecule has 0 N–H and O–H groups in total. The summed E-state index contributed by atoms with van der Waals surface area (Å²) in [6.07, 6.45) is 2.03. The molecule has 1 aliphatic heterocycles. The molecule has 1 heterocycles. The summed E-state index contributed by atoms with van der Waals surface area (Å²) >= 11 is 0. The molecule has 5 heteroatoms. The van der Waals surface area contributed by atoms with Gasteiger partial charge in [0.2, 0.25) is 5.91 Å². The van der Waals surface area contributed by atoms with Crippen molar-refractivity contribution in [2.45, 2.75) is 72.1 Å².